The predicted octanol–water partition coefficient (Wildman–Crippen LogP) is 3.62. The van der Waals surface area contributed by atoms with Gasteiger partial charge in [0, 0.05) is 29.6 Å². The molecule has 33 heavy (non-hydrogen) atoms. The SMILES string of the molecule is N#Cc1ccc(CNC(=O)c2ccc3[nH]c(=O)c(Cc4ccc(C(=O)O)cc4)cc3c2)cc1. The molecular weight excluding hydrogens is 418 g/mol. The fourth-order valence-electron chi connectivity index (χ4n) is 3.49. The summed E-state index contributed by atoms with van der Waals surface area (Å²) >= 11 is 0. The number of carbonyl (C=O) groups excluding carboxylic acids is 1. The summed E-state index contributed by atoms with van der Waals surface area (Å²) in [6, 6.07) is 22.2. The molecule has 0 aliphatic heterocycles. The number of rotatable bonds is 6. The Balaban J connectivity index is 1.52. The first-order valence-electron chi connectivity index (χ1n) is 10.2. The van der Waals surface area contributed by atoms with E-state index < -0.39 is 5.97 Å². The molecule has 1 heterocycles. The smallest absolute Gasteiger partial charge is 0.335 e. The number of amides is 1. The number of nitrogens with one attached hydrogen (secondary N) is 2. The first-order valence-corrected chi connectivity index (χ1v) is 10.2. The molecule has 1 amide bonds. The predicted molar refractivity (Wildman–Crippen MR) is 123 cm³/mol. The third kappa shape index (κ3) is 4.97. The molecule has 4 rings (SSSR count). The number of aromatic carboxylic acids is 1. The summed E-state index contributed by atoms with van der Waals surface area (Å²) in [5.41, 5.74) is 3.78. The highest BCUT2D eigenvalue weighted by Gasteiger charge is 2.10. The van der Waals surface area contributed by atoms with E-state index in [-0.39, 0.29) is 17.0 Å². The highest BCUT2D eigenvalue weighted by Crippen LogP contribution is 2.16. The van der Waals surface area contributed by atoms with Gasteiger partial charge in [0.05, 0.1) is 17.2 Å². The van der Waals surface area contributed by atoms with Gasteiger partial charge < -0.3 is 15.4 Å². The number of aromatic nitrogens is 1. The van der Waals surface area contributed by atoms with E-state index in [0.717, 1.165) is 16.5 Å². The van der Waals surface area contributed by atoms with Gasteiger partial charge >= 0.3 is 5.97 Å². The quantitative estimate of drug-likeness (QED) is 0.425. The lowest BCUT2D eigenvalue weighted by atomic mass is 10.0. The summed E-state index contributed by atoms with van der Waals surface area (Å²) in [5, 5.41) is 21.5. The number of benzene rings is 3. The molecule has 0 fully saturated rings. The fraction of sp³-hybridized carbons (Fsp3) is 0.0769. The summed E-state index contributed by atoms with van der Waals surface area (Å²) in [5.74, 6) is -1.26. The molecule has 0 radical (unpaired) electrons. The molecule has 0 saturated carbocycles. The Morgan fingerprint density at radius 1 is 0.909 bits per heavy atom. The zero-order valence-electron chi connectivity index (χ0n) is 17.5. The molecule has 0 aliphatic carbocycles. The van der Waals surface area contributed by atoms with Crippen molar-refractivity contribution < 1.29 is 14.7 Å². The number of carboxylic acids is 1. The van der Waals surface area contributed by atoms with Crippen LogP contribution in [0.25, 0.3) is 10.9 Å². The molecule has 162 valence electrons. The van der Waals surface area contributed by atoms with E-state index >= 15 is 0 Å². The van der Waals surface area contributed by atoms with Crippen LogP contribution in [0.2, 0.25) is 0 Å². The summed E-state index contributed by atoms with van der Waals surface area (Å²) in [6.45, 7) is 0.325. The van der Waals surface area contributed by atoms with Gasteiger partial charge in [-0.2, -0.15) is 5.26 Å². The van der Waals surface area contributed by atoms with Crippen molar-refractivity contribution in [3.05, 3.63) is 117 Å². The fourth-order valence-corrected chi connectivity index (χ4v) is 3.49. The van der Waals surface area contributed by atoms with Crippen molar-refractivity contribution in [1.29, 1.82) is 5.26 Å². The third-order valence-electron chi connectivity index (χ3n) is 5.31. The lowest BCUT2D eigenvalue weighted by Crippen LogP contribution is -2.22. The molecule has 3 aromatic carbocycles. The second-order valence-electron chi connectivity index (χ2n) is 7.60. The third-order valence-corrected chi connectivity index (χ3v) is 5.31. The van der Waals surface area contributed by atoms with Crippen molar-refractivity contribution in [2.24, 2.45) is 0 Å². The molecular formula is C26H19N3O4. The van der Waals surface area contributed by atoms with Crippen LogP contribution in [0.4, 0.5) is 0 Å². The van der Waals surface area contributed by atoms with Crippen LogP contribution in [0.5, 0.6) is 0 Å². The maximum absolute atomic E-state index is 12.6. The van der Waals surface area contributed by atoms with E-state index in [2.05, 4.69) is 16.4 Å². The highest BCUT2D eigenvalue weighted by atomic mass is 16.4. The molecule has 0 saturated heterocycles. The lowest BCUT2D eigenvalue weighted by Gasteiger charge is -2.08. The van der Waals surface area contributed by atoms with E-state index in [1.54, 1.807) is 60.7 Å². The normalized spacial score (nSPS) is 10.5. The summed E-state index contributed by atoms with van der Waals surface area (Å²) in [4.78, 5) is 39.0. The van der Waals surface area contributed by atoms with Crippen LogP contribution in [0, 0.1) is 11.3 Å². The van der Waals surface area contributed by atoms with Crippen LogP contribution in [-0.4, -0.2) is 22.0 Å². The van der Waals surface area contributed by atoms with Crippen molar-refractivity contribution in [2.45, 2.75) is 13.0 Å². The molecule has 0 unspecified atom stereocenters. The van der Waals surface area contributed by atoms with Crippen molar-refractivity contribution >= 4 is 22.8 Å². The van der Waals surface area contributed by atoms with Crippen molar-refractivity contribution in [3.63, 3.8) is 0 Å². The van der Waals surface area contributed by atoms with Crippen molar-refractivity contribution in [3.8, 4) is 6.07 Å². The number of nitrogens with zero attached hydrogens (tertiary/aromatic N) is 1. The zero-order chi connectivity index (χ0) is 23.4. The number of hydrogen-bond donors (Lipinski definition) is 3. The molecule has 0 bridgehead atoms. The van der Waals surface area contributed by atoms with E-state index in [0.29, 0.717) is 35.2 Å². The second-order valence-corrected chi connectivity index (χ2v) is 7.60. The van der Waals surface area contributed by atoms with Gasteiger partial charge in [-0.05, 0) is 65.0 Å². The average molecular weight is 437 g/mol. The highest BCUT2D eigenvalue weighted by molar-refractivity contribution is 5.98. The maximum atomic E-state index is 12.6. The number of carboxylic acid groups (broad SMARTS) is 1. The van der Waals surface area contributed by atoms with Crippen molar-refractivity contribution in [2.75, 3.05) is 0 Å². The van der Waals surface area contributed by atoms with Gasteiger partial charge in [-0.15, -0.1) is 0 Å². The summed E-state index contributed by atoms with van der Waals surface area (Å²) in [7, 11) is 0. The Kier molecular flexibility index (Phi) is 6.00. The first kappa shape index (κ1) is 21.5. The minimum absolute atomic E-state index is 0.183. The number of hydrogen-bond acceptors (Lipinski definition) is 4. The van der Waals surface area contributed by atoms with Crippen LogP contribution in [0.3, 0.4) is 0 Å². The Morgan fingerprint density at radius 2 is 1.58 bits per heavy atom. The van der Waals surface area contributed by atoms with E-state index in [1.165, 1.54) is 12.1 Å². The van der Waals surface area contributed by atoms with Crippen LogP contribution in [-0.2, 0) is 13.0 Å². The Bertz CT molecular complexity index is 1450. The van der Waals surface area contributed by atoms with Gasteiger partial charge in [0.2, 0.25) is 0 Å². The average Bonchev–Trinajstić information content (AvgIpc) is 2.83. The number of carbonyl (C=O) groups is 2. The number of pyridine rings is 1. The van der Waals surface area contributed by atoms with Gasteiger partial charge in [0.25, 0.3) is 11.5 Å². The number of nitriles is 1. The van der Waals surface area contributed by atoms with E-state index in [4.69, 9.17) is 10.4 Å². The Labute approximate surface area is 188 Å². The zero-order valence-corrected chi connectivity index (χ0v) is 17.5. The van der Waals surface area contributed by atoms with Crippen LogP contribution in [0.15, 0.2) is 77.6 Å². The lowest BCUT2D eigenvalue weighted by molar-refractivity contribution is 0.0696. The first-order chi connectivity index (χ1) is 15.9. The summed E-state index contributed by atoms with van der Waals surface area (Å²) in [6.07, 6.45) is 0.334. The molecule has 3 N–H and O–H groups in total. The largest absolute Gasteiger partial charge is 0.478 e. The molecule has 7 nitrogen and oxygen atoms in total. The van der Waals surface area contributed by atoms with Gasteiger partial charge in [0.15, 0.2) is 0 Å². The monoisotopic (exact) mass is 437 g/mol. The molecule has 1 aromatic heterocycles. The molecule has 7 heteroatoms. The van der Waals surface area contributed by atoms with Crippen LogP contribution < -0.4 is 10.9 Å². The van der Waals surface area contributed by atoms with E-state index in [9.17, 15) is 14.4 Å². The van der Waals surface area contributed by atoms with Gasteiger partial charge in [0.1, 0.15) is 0 Å². The Hall–Kier alpha value is -4.70. The minimum Gasteiger partial charge on any atom is -0.478 e. The molecule has 0 aliphatic rings. The molecule has 0 spiro atoms. The second kappa shape index (κ2) is 9.20. The number of fused-ring (bicyclic) bond motifs is 1. The molecule has 0 atom stereocenters. The van der Waals surface area contributed by atoms with Crippen LogP contribution in [0.1, 0.15) is 43.0 Å². The Morgan fingerprint density at radius 3 is 2.24 bits per heavy atom. The number of H-pyrrole nitrogens is 1. The van der Waals surface area contributed by atoms with Gasteiger partial charge in [-0.3, -0.25) is 9.59 Å². The van der Waals surface area contributed by atoms with Crippen molar-refractivity contribution in [1.82, 2.24) is 10.3 Å². The minimum atomic E-state index is -1.00. The van der Waals surface area contributed by atoms with E-state index in [1.807, 2.05) is 0 Å². The molecule has 4 aromatic rings. The summed E-state index contributed by atoms with van der Waals surface area (Å²) < 4.78 is 0. The van der Waals surface area contributed by atoms with Crippen LogP contribution >= 0.6 is 0 Å². The number of aromatic amines is 1. The van der Waals surface area contributed by atoms with Gasteiger partial charge in [-0.25, -0.2) is 4.79 Å². The standard InChI is InChI=1S/C26H19N3O4/c27-14-17-1-3-18(4-2-17)15-28-24(30)20-9-10-23-21(12-20)13-22(25(31)29-23)11-16-5-7-19(8-6-16)26(32)33/h1-10,12-13H,11,15H2,(H,28,30)(H,29,31)(H,32,33). The maximum Gasteiger partial charge on any atom is 0.335 e. The van der Waals surface area contributed by atoms with Gasteiger partial charge in [-0.1, -0.05) is 24.3 Å². The topological polar surface area (TPSA) is 123 Å².